The fourth-order valence-corrected chi connectivity index (χ4v) is 3.43. The predicted octanol–water partition coefficient (Wildman–Crippen LogP) is 3.18. The molecule has 0 unspecified atom stereocenters. The maximum atomic E-state index is 6.06. The van der Waals surface area contributed by atoms with Crippen LogP contribution in [-0.2, 0) is 13.0 Å². The van der Waals surface area contributed by atoms with Crippen molar-refractivity contribution in [3.8, 4) is 0 Å². The summed E-state index contributed by atoms with van der Waals surface area (Å²) in [5.74, 6) is 0. The molecule has 104 valence electrons. The summed E-state index contributed by atoms with van der Waals surface area (Å²) >= 11 is 6.06. The first-order chi connectivity index (χ1) is 9.31. The second-order valence-corrected chi connectivity index (χ2v) is 6.28. The number of likely N-dealkylation sites (tertiary alicyclic amines) is 1. The van der Waals surface area contributed by atoms with Gasteiger partial charge in [-0.15, -0.1) is 0 Å². The molecule has 2 aliphatic rings. The molecule has 1 aromatic carbocycles. The highest BCUT2D eigenvalue weighted by atomic mass is 35.5. The zero-order valence-corrected chi connectivity index (χ0v) is 12.3. The maximum Gasteiger partial charge on any atom is 0.0408 e. The zero-order valence-electron chi connectivity index (χ0n) is 11.6. The third-order valence-corrected chi connectivity index (χ3v) is 4.68. The molecule has 3 rings (SSSR count). The lowest BCUT2D eigenvalue weighted by Crippen LogP contribution is -2.39. The normalized spacial score (nSPS) is 21.3. The highest BCUT2D eigenvalue weighted by Crippen LogP contribution is 2.22. The van der Waals surface area contributed by atoms with Crippen molar-refractivity contribution in [1.82, 2.24) is 9.80 Å². The van der Waals surface area contributed by atoms with Crippen LogP contribution in [0.2, 0.25) is 5.02 Å². The minimum atomic E-state index is 0.875. The first-order valence-electron chi connectivity index (χ1n) is 7.53. The summed E-state index contributed by atoms with van der Waals surface area (Å²) in [6.45, 7) is 7.34. The van der Waals surface area contributed by atoms with Crippen molar-refractivity contribution in [2.24, 2.45) is 0 Å². The van der Waals surface area contributed by atoms with Gasteiger partial charge < -0.3 is 4.90 Å². The van der Waals surface area contributed by atoms with Crippen molar-refractivity contribution < 1.29 is 0 Å². The summed E-state index contributed by atoms with van der Waals surface area (Å²) in [6.07, 6.45) is 5.35. The van der Waals surface area contributed by atoms with E-state index in [-0.39, 0.29) is 0 Å². The molecular formula is C16H23ClN2. The predicted molar refractivity (Wildman–Crippen MR) is 80.7 cm³/mol. The molecule has 0 aromatic heterocycles. The molecular weight excluding hydrogens is 256 g/mol. The highest BCUT2D eigenvalue weighted by molar-refractivity contribution is 6.30. The van der Waals surface area contributed by atoms with Crippen LogP contribution >= 0.6 is 11.6 Å². The van der Waals surface area contributed by atoms with Gasteiger partial charge in [-0.3, -0.25) is 4.90 Å². The molecule has 1 fully saturated rings. The highest BCUT2D eigenvalue weighted by Gasteiger charge is 2.17. The Morgan fingerprint density at radius 2 is 1.68 bits per heavy atom. The Hall–Kier alpha value is -0.570. The van der Waals surface area contributed by atoms with Gasteiger partial charge in [-0.25, -0.2) is 0 Å². The second kappa shape index (κ2) is 6.25. The Balaban J connectivity index is 1.52. The molecule has 0 atom stereocenters. The molecule has 0 aliphatic carbocycles. The monoisotopic (exact) mass is 278 g/mol. The Bertz CT molecular complexity index is 427. The van der Waals surface area contributed by atoms with Gasteiger partial charge in [0.05, 0.1) is 0 Å². The lowest BCUT2D eigenvalue weighted by Gasteiger charge is -2.32. The first-order valence-corrected chi connectivity index (χ1v) is 7.91. The van der Waals surface area contributed by atoms with Crippen LogP contribution in [0, 0.1) is 0 Å². The van der Waals surface area contributed by atoms with Gasteiger partial charge in [0.1, 0.15) is 0 Å². The first kappa shape index (κ1) is 13.4. The van der Waals surface area contributed by atoms with E-state index >= 15 is 0 Å². The summed E-state index contributed by atoms with van der Waals surface area (Å²) in [5.41, 5.74) is 2.91. The quantitative estimate of drug-likeness (QED) is 0.838. The average Bonchev–Trinajstić information content (AvgIpc) is 2.46. The van der Waals surface area contributed by atoms with E-state index in [1.807, 2.05) is 6.07 Å². The van der Waals surface area contributed by atoms with Crippen LogP contribution in [0.3, 0.4) is 0 Å². The minimum Gasteiger partial charge on any atom is -0.302 e. The fourth-order valence-electron chi connectivity index (χ4n) is 3.24. The van der Waals surface area contributed by atoms with Crippen LogP contribution in [0.15, 0.2) is 18.2 Å². The topological polar surface area (TPSA) is 6.48 Å². The maximum absolute atomic E-state index is 6.06. The molecule has 0 bridgehead atoms. The lowest BCUT2D eigenvalue weighted by atomic mass is 10.00. The number of benzene rings is 1. The molecule has 2 aliphatic heterocycles. The van der Waals surface area contributed by atoms with Crippen LogP contribution < -0.4 is 0 Å². The largest absolute Gasteiger partial charge is 0.302 e. The molecule has 1 saturated heterocycles. The smallest absolute Gasteiger partial charge is 0.0408 e. The fraction of sp³-hybridized carbons (Fsp3) is 0.625. The third kappa shape index (κ3) is 3.50. The number of halogens is 1. The Labute approximate surface area is 121 Å². The molecule has 1 aromatic rings. The molecule has 2 heterocycles. The molecule has 0 N–H and O–H groups in total. The summed E-state index contributed by atoms with van der Waals surface area (Å²) in [6, 6.07) is 6.36. The van der Waals surface area contributed by atoms with Gasteiger partial charge in [-0.2, -0.15) is 0 Å². The van der Waals surface area contributed by atoms with Crippen molar-refractivity contribution in [3.05, 3.63) is 34.3 Å². The van der Waals surface area contributed by atoms with E-state index in [1.54, 1.807) is 0 Å². The second-order valence-electron chi connectivity index (χ2n) is 5.84. The van der Waals surface area contributed by atoms with Crippen molar-refractivity contribution >= 4 is 11.6 Å². The SMILES string of the molecule is Clc1ccc2c(c1)CCN(CCN1CCCCC1)C2. The molecule has 0 radical (unpaired) electrons. The van der Waals surface area contributed by atoms with E-state index < -0.39 is 0 Å². The summed E-state index contributed by atoms with van der Waals surface area (Å²) in [7, 11) is 0. The number of hydrogen-bond donors (Lipinski definition) is 0. The number of piperidine rings is 1. The van der Waals surface area contributed by atoms with E-state index in [4.69, 9.17) is 11.6 Å². The number of nitrogens with zero attached hydrogens (tertiary/aromatic N) is 2. The van der Waals surface area contributed by atoms with Gasteiger partial charge >= 0.3 is 0 Å². The van der Waals surface area contributed by atoms with Gasteiger partial charge in [-0.1, -0.05) is 24.1 Å². The van der Waals surface area contributed by atoms with Crippen LogP contribution in [0.5, 0.6) is 0 Å². The van der Waals surface area contributed by atoms with E-state index in [0.717, 1.165) is 18.0 Å². The molecule has 2 nitrogen and oxygen atoms in total. The van der Waals surface area contributed by atoms with E-state index in [0.29, 0.717) is 0 Å². The van der Waals surface area contributed by atoms with Gasteiger partial charge in [0.15, 0.2) is 0 Å². The summed E-state index contributed by atoms with van der Waals surface area (Å²) in [5, 5.41) is 0.875. The van der Waals surface area contributed by atoms with Gasteiger partial charge in [-0.05, 0) is 55.6 Å². The van der Waals surface area contributed by atoms with Crippen LogP contribution in [0.25, 0.3) is 0 Å². The molecule has 0 spiro atoms. The minimum absolute atomic E-state index is 0.875. The van der Waals surface area contributed by atoms with Crippen molar-refractivity contribution in [2.45, 2.75) is 32.2 Å². The Morgan fingerprint density at radius 3 is 2.53 bits per heavy atom. The standard InChI is InChI=1S/C16H23ClN2/c17-16-5-4-15-13-19(9-6-14(15)12-16)11-10-18-7-2-1-3-8-18/h4-5,12H,1-3,6-11,13H2. The van der Waals surface area contributed by atoms with Gasteiger partial charge in [0.25, 0.3) is 0 Å². The van der Waals surface area contributed by atoms with Crippen LogP contribution in [0.1, 0.15) is 30.4 Å². The summed E-state index contributed by atoms with van der Waals surface area (Å²) < 4.78 is 0. The van der Waals surface area contributed by atoms with Gasteiger partial charge in [0.2, 0.25) is 0 Å². The molecule has 3 heteroatoms. The number of fused-ring (bicyclic) bond motifs is 1. The Kier molecular flexibility index (Phi) is 4.42. The summed E-state index contributed by atoms with van der Waals surface area (Å²) in [4.78, 5) is 5.21. The van der Waals surface area contributed by atoms with E-state index in [2.05, 4.69) is 21.9 Å². The van der Waals surface area contributed by atoms with Crippen molar-refractivity contribution in [2.75, 3.05) is 32.7 Å². The molecule has 0 saturated carbocycles. The van der Waals surface area contributed by atoms with Crippen molar-refractivity contribution in [1.29, 1.82) is 0 Å². The zero-order chi connectivity index (χ0) is 13.1. The third-order valence-electron chi connectivity index (χ3n) is 4.44. The van der Waals surface area contributed by atoms with Crippen molar-refractivity contribution in [3.63, 3.8) is 0 Å². The number of rotatable bonds is 3. The van der Waals surface area contributed by atoms with E-state index in [1.165, 1.54) is 63.1 Å². The van der Waals surface area contributed by atoms with Crippen LogP contribution in [0.4, 0.5) is 0 Å². The Morgan fingerprint density at radius 1 is 0.895 bits per heavy atom. The average molecular weight is 279 g/mol. The molecule has 0 amide bonds. The van der Waals surface area contributed by atoms with Crippen LogP contribution in [-0.4, -0.2) is 42.5 Å². The molecule has 19 heavy (non-hydrogen) atoms. The van der Waals surface area contributed by atoms with Gasteiger partial charge in [0, 0.05) is 31.2 Å². The number of hydrogen-bond acceptors (Lipinski definition) is 2. The lowest BCUT2D eigenvalue weighted by molar-refractivity contribution is 0.173. The van der Waals surface area contributed by atoms with E-state index in [9.17, 15) is 0 Å².